The molecule has 0 aliphatic heterocycles. The number of amides is 1. The number of methoxy groups -OCH3 is 1. The van der Waals surface area contributed by atoms with E-state index in [9.17, 15) is 26.7 Å². The minimum atomic E-state index is -5.90. The van der Waals surface area contributed by atoms with Gasteiger partial charge in [0.15, 0.2) is 0 Å². The molecule has 8 heteroatoms. The van der Waals surface area contributed by atoms with Gasteiger partial charge in [-0.1, -0.05) is 13.8 Å². The fourth-order valence-electron chi connectivity index (χ4n) is 1.11. The Bertz CT molecular complexity index is 301. The molecular weight excluding hydrogens is 261 g/mol. The van der Waals surface area contributed by atoms with E-state index in [2.05, 4.69) is 0 Å². The molecule has 1 atom stereocenters. The number of halogens is 5. The van der Waals surface area contributed by atoms with E-state index in [0.717, 1.165) is 0 Å². The fraction of sp³-hybridized carbons (Fsp3) is 0.900. The van der Waals surface area contributed by atoms with Gasteiger partial charge >= 0.3 is 18.0 Å². The van der Waals surface area contributed by atoms with Gasteiger partial charge in [-0.2, -0.15) is 22.0 Å². The van der Waals surface area contributed by atoms with E-state index in [-0.39, 0.29) is 6.61 Å². The van der Waals surface area contributed by atoms with E-state index in [4.69, 9.17) is 4.74 Å². The smallest absolute Gasteiger partial charge is 0.384 e. The first kappa shape index (κ1) is 17.1. The van der Waals surface area contributed by atoms with Gasteiger partial charge in [-0.05, 0) is 6.92 Å². The summed E-state index contributed by atoms with van der Waals surface area (Å²) in [5.41, 5.74) is -0.772. The Kier molecular flexibility index (Phi) is 5.10. The molecule has 1 unspecified atom stereocenters. The quantitative estimate of drug-likeness (QED) is 0.783. The predicted molar refractivity (Wildman–Crippen MR) is 54.3 cm³/mol. The summed E-state index contributed by atoms with van der Waals surface area (Å²) >= 11 is 0. The van der Waals surface area contributed by atoms with E-state index in [1.54, 1.807) is 19.2 Å². The summed E-state index contributed by atoms with van der Waals surface area (Å²) in [4.78, 5) is 11.0. The van der Waals surface area contributed by atoms with Crippen LogP contribution in [-0.2, 0) is 9.53 Å². The SMILES string of the molecule is COCC(C)(C)C(C)NC(=O)C(F)(F)C(F)(F)F. The number of alkyl halides is 5. The van der Waals surface area contributed by atoms with Crippen LogP contribution < -0.4 is 5.32 Å². The average Bonchev–Trinajstić information content (AvgIpc) is 2.15. The van der Waals surface area contributed by atoms with Crippen LogP contribution >= 0.6 is 0 Å². The third kappa shape index (κ3) is 3.79. The molecule has 0 aromatic heterocycles. The molecule has 108 valence electrons. The summed E-state index contributed by atoms with van der Waals surface area (Å²) in [6.07, 6.45) is -5.90. The first-order valence-corrected chi connectivity index (χ1v) is 5.10. The molecule has 3 nitrogen and oxygen atoms in total. The van der Waals surface area contributed by atoms with Crippen molar-refractivity contribution in [2.24, 2.45) is 5.41 Å². The molecule has 0 saturated heterocycles. The third-order valence-corrected chi connectivity index (χ3v) is 2.68. The Balaban J connectivity index is 4.78. The third-order valence-electron chi connectivity index (χ3n) is 2.68. The normalized spacial score (nSPS) is 15.4. The molecule has 0 bridgehead atoms. The summed E-state index contributed by atoms with van der Waals surface area (Å²) in [7, 11) is 1.36. The number of carbonyl (C=O) groups is 1. The summed E-state index contributed by atoms with van der Waals surface area (Å²) < 4.78 is 66.0. The number of rotatable bonds is 5. The number of carbonyl (C=O) groups excluding carboxylic acids is 1. The molecule has 0 heterocycles. The molecule has 0 aromatic carbocycles. The lowest BCUT2D eigenvalue weighted by Gasteiger charge is -2.32. The Hall–Kier alpha value is -0.920. The highest BCUT2D eigenvalue weighted by atomic mass is 19.4. The van der Waals surface area contributed by atoms with Crippen molar-refractivity contribution in [3.8, 4) is 0 Å². The highest BCUT2D eigenvalue weighted by Crippen LogP contribution is 2.36. The minimum absolute atomic E-state index is 0.103. The molecule has 0 aliphatic carbocycles. The van der Waals surface area contributed by atoms with Crippen LogP contribution in [0.25, 0.3) is 0 Å². The molecule has 0 rings (SSSR count). The molecule has 0 saturated carbocycles. The lowest BCUT2D eigenvalue weighted by Crippen LogP contribution is -2.55. The van der Waals surface area contributed by atoms with Crippen LogP contribution in [-0.4, -0.2) is 37.8 Å². The number of ether oxygens (including phenoxy) is 1. The zero-order valence-corrected chi connectivity index (χ0v) is 10.5. The fourth-order valence-corrected chi connectivity index (χ4v) is 1.11. The summed E-state index contributed by atoms with van der Waals surface area (Å²) in [6.45, 7) is 4.59. The van der Waals surface area contributed by atoms with E-state index in [0.29, 0.717) is 0 Å². The van der Waals surface area contributed by atoms with Crippen molar-refractivity contribution in [1.82, 2.24) is 5.32 Å². The van der Waals surface area contributed by atoms with Crippen molar-refractivity contribution in [3.63, 3.8) is 0 Å². The second kappa shape index (κ2) is 5.38. The van der Waals surface area contributed by atoms with Crippen molar-refractivity contribution in [2.45, 2.75) is 38.9 Å². The number of nitrogens with one attached hydrogen (secondary N) is 1. The summed E-state index contributed by atoms with van der Waals surface area (Å²) in [5, 5.41) is 1.66. The summed E-state index contributed by atoms with van der Waals surface area (Å²) in [5.74, 6) is -7.75. The van der Waals surface area contributed by atoms with Gasteiger partial charge in [0.05, 0.1) is 6.61 Å². The predicted octanol–water partition coefficient (Wildman–Crippen LogP) is 2.36. The van der Waals surface area contributed by atoms with Crippen molar-refractivity contribution in [1.29, 1.82) is 0 Å². The van der Waals surface area contributed by atoms with Gasteiger partial charge in [-0.3, -0.25) is 4.79 Å². The van der Waals surface area contributed by atoms with E-state index in [1.165, 1.54) is 14.0 Å². The van der Waals surface area contributed by atoms with Crippen molar-refractivity contribution in [3.05, 3.63) is 0 Å². The lowest BCUT2D eigenvalue weighted by atomic mass is 9.86. The zero-order chi connectivity index (χ0) is 14.8. The van der Waals surface area contributed by atoms with Gasteiger partial charge in [0.1, 0.15) is 0 Å². The van der Waals surface area contributed by atoms with Gasteiger partial charge in [-0.15, -0.1) is 0 Å². The van der Waals surface area contributed by atoms with Crippen LogP contribution in [0.5, 0.6) is 0 Å². The summed E-state index contributed by atoms with van der Waals surface area (Å²) in [6, 6.07) is -0.904. The monoisotopic (exact) mass is 277 g/mol. The highest BCUT2D eigenvalue weighted by molar-refractivity contribution is 5.84. The second-order valence-corrected chi connectivity index (χ2v) is 4.69. The minimum Gasteiger partial charge on any atom is -0.384 e. The van der Waals surface area contributed by atoms with Crippen molar-refractivity contribution >= 4 is 5.91 Å². The molecule has 0 aromatic rings. The standard InChI is InChI=1S/C10H16F5NO2/c1-6(8(2,3)5-18-4)16-7(17)9(11,12)10(13,14)15/h6H,5H2,1-4H3,(H,16,17). The number of hydrogen-bond acceptors (Lipinski definition) is 2. The topological polar surface area (TPSA) is 38.3 Å². The van der Waals surface area contributed by atoms with Crippen LogP contribution in [0, 0.1) is 5.41 Å². The van der Waals surface area contributed by atoms with E-state index in [1.807, 2.05) is 0 Å². The maximum atomic E-state index is 12.7. The largest absolute Gasteiger partial charge is 0.463 e. The Morgan fingerprint density at radius 3 is 2.00 bits per heavy atom. The van der Waals surface area contributed by atoms with Gasteiger partial charge in [0.25, 0.3) is 0 Å². The highest BCUT2D eigenvalue weighted by Gasteiger charge is 2.63. The van der Waals surface area contributed by atoms with Crippen LogP contribution in [0.1, 0.15) is 20.8 Å². The Morgan fingerprint density at radius 1 is 1.22 bits per heavy atom. The van der Waals surface area contributed by atoms with Crippen LogP contribution in [0.4, 0.5) is 22.0 Å². The van der Waals surface area contributed by atoms with Gasteiger partial charge in [0, 0.05) is 18.6 Å². The maximum Gasteiger partial charge on any atom is 0.463 e. The molecule has 1 N–H and O–H groups in total. The molecule has 1 amide bonds. The molecule has 18 heavy (non-hydrogen) atoms. The van der Waals surface area contributed by atoms with Gasteiger partial charge < -0.3 is 10.1 Å². The maximum absolute atomic E-state index is 12.7. The molecule has 0 spiro atoms. The van der Waals surface area contributed by atoms with Crippen molar-refractivity contribution in [2.75, 3.05) is 13.7 Å². The van der Waals surface area contributed by atoms with Crippen molar-refractivity contribution < 1.29 is 31.5 Å². The zero-order valence-electron chi connectivity index (χ0n) is 10.5. The first-order chi connectivity index (χ1) is 7.86. The van der Waals surface area contributed by atoms with Crippen LogP contribution in [0.15, 0.2) is 0 Å². The number of hydrogen-bond donors (Lipinski definition) is 1. The average molecular weight is 277 g/mol. The Morgan fingerprint density at radius 2 is 1.67 bits per heavy atom. The first-order valence-electron chi connectivity index (χ1n) is 5.10. The molecular formula is C10H16F5NO2. The van der Waals surface area contributed by atoms with Gasteiger partial charge in [-0.25, -0.2) is 0 Å². The second-order valence-electron chi connectivity index (χ2n) is 4.69. The lowest BCUT2D eigenvalue weighted by molar-refractivity contribution is -0.270. The van der Waals surface area contributed by atoms with E-state index >= 15 is 0 Å². The van der Waals surface area contributed by atoms with Crippen LogP contribution in [0.2, 0.25) is 0 Å². The molecule has 0 aliphatic rings. The van der Waals surface area contributed by atoms with Crippen LogP contribution in [0.3, 0.4) is 0 Å². The molecule has 0 radical (unpaired) electrons. The van der Waals surface area contributed by atoms with E-state index < -0.39 is 29.5 Å². The van der Waals surface area contributed by atoms with Gasteiger partial charge in [0.2, 0.25) is 0 Å². The molecule has 0 fully saturated rings. The Labute approximate surface area is 102 Å².